The molecule has 4 nitrogen and oxygen atoms in total. The molecule has 4 N–H and O–H groups in total. The minimum Gasteiger partial charge on any atom is -0.391 e. The van der Waals surface area contributed by atoms with Crippen molar-refractivity contribution in [3.8, 4) is 0 Å². The predicted molar refractivity (Wildman–Crippen MR) is 36.2 cm³/mol. The summed E-state index contributed by atoms with van der Waals surface area (Å²) in [7, 11) is 0. The molecule has 1 rings (SSSR count). The van der Waals surface area contributed by atoms with Gasteiger partial charge in [-0.05, 0) is 12.8 Å². The summed E-state index contributed by atoms with van der Waals surface area (Å²) in [4.78, 5) is 10.8. The van der Waals surface area contributed by atoms with Gasteiger partial charge in [0, 0.05) is 6.54 Å². The lowest BCUT2D eigenvalue weighted by molar-refractivity contribution is -0.123. The zero-order valence-corrected chi connectivity index (χ0v) is 5.71. The first-order chi connectivity index (χ1) is 4.72. The third-order valence-corrected chi connectivity index (χ3v) is 1.69. The minimum atomic E-state index is -0.734. The fourth-order valence-corrected chi connectivity index (χ4v) is 0.995. The first-order valence-corrected chi connectivity index (χ1v) is 3.43. The predicted octanol–water partition coefficient (Wildman–Crippen LogP) is -1.42. The normalized spacial score (nSPS) is 34.8. The molecule has 10 heavy (non-hydrogen) atoms. The van der Waals surface area contributed by atoms with Crippen molar-refractivity contribution in [1.29, 1.82) is 0 Å². The number of rotatable bonds is 0. The van der Waals surface area contributed by atoms with Gasteiger partial charge >= 0.3 is 0 Å². The number of carbonyl (C=O) groups excluding carboxylic acids is 1. The molecule has 1 aliphatic rings. The molecule has 1 amide bonds. The molecule has 2 unspecified atom stereocenters. The van der Waals surface area contributed by atoms with Crippen LogP contribution in [0.1, 0.15) is 12.8 Å². The van der Waals surface area contributed by atoms with Crippen LogP contribution in [-0.2, 0) is 4.79 Å². The van der Waals surface area contributed by atoms with Crippen LogP contribution in [-0.4, -0.2) is 29.7 Å². The van der Waals surface area contributed by atoms with Gasteiger partial charge in [0.25, 0.3) is 0 Å². The van der Waals surface area contributed by atoms with Crippen LogP contribution in [0.2, 0.25) is 0 Å². The van der Waals surface area contributed by atoms with Crippen molar-refractivity contribution in [2.24, 2.45) is 5.73 Å². The second-order valence-electron chi connectivity index (χ2n) is 2.53. The largest absolute Gasteiger partial charge is 0.391 e. The summed E-state index contributed by atoms with van der Waals surface area (Å²) in [5.74, 6) is -0.245. The van der Waals surface area contributed by atoms with Gasteiger partial charge in [-0.2, -0.15) is 0 Å². The summed E-state index contributed by atoms with van der Waals surface area (Å²) in [6, 6.07) is -0.734. The van der Waals surface area contributed by atoms with Gasteiger partial charge in [0.2, 0.25) is 5.91 Å². The maximum Gasteiger partial charge on any atom is 0.239 e. The number of hydrogen-bond acceptors (Lipinski definition) is 3. The van der Waals surface area contributed by atoms with E-state index in [0.29, 0.717) is 13.0 Å². The van der Waals surface area contributed by atoms with Crippen LogP contribution in [0.5, 0.6) is 0 Å². The van der Waals surface area contributed by atoms with E-state index in [-0.39, 0.29) is 5.91 Å². The van der Waals surface area contributed by atoms with Gasteiger partial charge in [-0.15, -0.1) is 0 Å². The van der Waals surface area contributed by atoms with Crippen LogP contribution in [0.25, 0.3) is 0 Å². The smallest absolute Gasteiger partial charge is 0.239 e. The van der Waals surface area contributed by atoms with E-state index in [9.17, 15) is 4.79 Å². The Bertz CT molecular complexity index is 138. The van der Waals surface area contributed by atoms with E-state index < -0.39 is 12.1 Å². The Morgan fingerprint density at radius 1 is 1.70 bits per heavy atom. The molecular weight excluding hydrogens is 132 g/mol. The summed E-state index contributed by atoms with van der Waals surface area (Å²) in [5.41, 5.74) is 5.36. The summed E-state index contributed by atoms with van der Waals surface area (Å²) < 4.78 is 0. The Morgan fingerprint density at radius 2 is 2.40 bits per heavy atom. The van der Waals surface area contributed by atoms with Gasteiger partial charge in [-0.1, -0.05) is 0 Å². The second kappa shape index (κ2) is 2.98. The highest BCUT2D eigenvalue weighted by molar-refractivity contribution is 5.82. The van der Waals surface area contributed by atoms with Gasteiger partial charge in [-0.3, -0.25) is 4.79 Å². The Balaban J connectivity index is 2.55. The average molecular weight is 144 g/mol. The Labute approximate surface area is 59.4 Å². The number of carbonyl (C=O) groups is 1. The maximum absolute atomic E-state index is 10.8. The molecule has 0 radical (unpaired) electrons. The average Bonchev–Trinajstić information content (AvgIpc) is 2.04. The van der Waals surface area contributed by atoms with Gasteiger partial charge in [-0.25, -0.2) is 0 Å². The highest BCUT2D eigenvalue weighted by atomic mass is 16.3. The zero-order chi connectivity index (χ0) is 7.56. The molecular formula is C6H12N2O2. The summed E-state index contributed by atoms with van der Waals surface area (Å²) >= 11 is 0. The van der Waals surface area contributed by atoms with Gasteiger partial charge in [0.15, 0.2) is 0 Å². The Morgan fingerprint density at radius 3 is 3.10 bits per heavy atom. The van der Waals surface area contributed by atoms with Crippen LogP contribution in [0.3, 0.4) is 0 Å². The first kappa shape index (κ1) is 7.50. The SMILES string of the molecule is NC1C(=O)NCCCC1O. The summed E-state index contributed by atoms with van der Waals surface area (Å²) in [6.45, 7) is 0.629. The van der Waals surface area contributed by atoms with E-state index in [1.807, 2.05) is 0 Å². The topological polar surface area (TPSA) is 75.4 Å². The van der Waals surface area contributed by atoms with Crippen molar-refractivity contribution < 1.29 is 9.90 Å². The molecule has 0 aliphatic carbocycles. The number of nitrogens with two attached hydrogens (primary N) is 1. The molecule has 0 aromatic rings. The van der Waals surface area contributed by atoms with Gasteiger partial charge < -0.3 is 16.2 Å². The fraction of sp³-hybridized carbons (Fsp3) is 0.833. The molecule has 58 valence electrons. The van der Waals surface area contributed by atoms with E-state index in [1.54, 1.807) is 0 Å². The van der Waals surface area contributed by atoms with E-state index in [1.165, 1.54) is 0 Å². The van der Waals surface area contributed by atoms with Gasteiger partial charge in [0.05, 0.1) is 6.10 Å². The fourth-order valence-electron chi connectivity index (χ4n) is 0.995. The molecule has 0 bridgehead atoms. The number of aliphatic hydroxyl groups excluding tert-OH is 1. The minimum absolute atomic E-state index is 0.245. The van der Waals surface area contributed by atoms with Crippen molar-refractivity contribution in [3.63, 3.8) is 0 Å². The number of aliphatic hydroxyl groups is 1. The van der Waals surface area contributed by atoms with Crippen molar-refractivity contribution >= 4 is 5.91 Å². The highest BCUT2D eigenvalue weighted by Gasteiger charge is 2.24. The van der Waals surface area contributed by atoms with Crippen LogP contribution >= 0.6 is 0 Å². The molecule has 1 aliphatic heterocycles. The third kappa shape index (κ3) is 1.46. The number of nitrogens with one attached hydrogen (secondary N) is 1. The number of hydrogen-bond donors (Lipinski definition) is 3. The molecule has 1 saturated heterocycles. The lowest BCUT2D eigenvalue weighted by Gasteiger charge is -2.12. The highest BCUT2D eigenvalue weighted by Crippen LogP contribution is 2.03. The van der Waals surface area contributed by atoms with E-state index in [2.05, 4.69) is 5.32 Å². The Hall–Kier alpha value is -0.610. The van der Waals surface area contributed by atoms with E-state index in [4.69, 9.17) is 10.8 Å². The quantitative estimate of drug-likeness (QED) is 0.391. The molecule has 0 spiro atoms. The van der Waals surface area contributed by atoms with E-state index in [0.717, 1.165) is 6.42 Å². The molecule has 1 fully saturated rings. The maximum atomic E-state index is 10.8. The van der Waals surface area contributed by atoms with Crippen molar-refractivity contribution in [3.05, 3.63) is 0 Å². The molecule has 0 aromatic carbocycles. The van der Waals surface area contributed by atoms with Crippen molar-refractivity contribution in [2.45, 2.75) is 25.0 Å². The van der Waals surface area contributed by atoms with Gasteiger partial charge in [0.1, 0.15) is 6.04 Å². The Kier molecular flexibility index (Phi) is 2.24. The summed E-state index contributed by atoms with van der Waals surface area (Å²) in [6.07, 6.45) is 0.753. The molecule has 1 heterocycles. The van der Waals surface area contributed by atoms with Crippen LogP contribution < -0.4 is 11.1 Å². The molecule has 4 heteroatoms. The number of amides is 1. The zero-order valence-electron chi connectivity index (χ0n) is 5.71. The van der Waals surface area contributed by atoms with Crippen molar-refractivity contribution in [1.82, 2.24) is 5.32 Å². The van der Waals surface area contributed by atoms with Crippen LogP contribution in [0, 0.1) is 0 Å². The third-order valence-electron chi connectivity index (χ3n) is 1.69. The second-order valence-corrected chi connectivity index (χ2v) is 2.53. The molecule has 0 aromatic heterocycles. The summed E-state index contributed by atoms with van der Waals surface area (Å²) in [5, 5.41) is 11.7. The van der Waals surface area contributed by atoms with Crippen LogP contribution in [0.4, 0.5) is 0 Å². The monoisotopic (exact) mass is 144 g/mol. The first-order valence-electron chi connectivity index (χ1n) is 3.43. The van der Waals surface area contributed by atoms with Crippen LogP contribution in [0.15, 0.2) is 0 Å². The molecule has 2 atom stereocenters. The van der Waals surface area contributed by atoms with Crippen molar-refractivity contribution in [2.75, 3.05) is 6.54 Å². The lowest BCUT2D eigenvalue weighted by atomic mass is 10.1. The van der Waals surface area contributed by atoms with E-state index >= 15 is 0 Å². The standard InChI is InChI=1S/C6H12N2O2/c7-5-4(9)2-1-3-8-6(5)10/h4-5,9H,1-3,7H2,(H,8,10). The molecule has 0 saturated carbocycles. The lowest BCUT2D eigenvalue weighted by Crippen LogP contribution is -2.45.